The van der Waals surface area contributed by atoms with E-state index >= 15 is 0 Å². The van der Waals surface area contributed by atoms with Crippen molar-refractivity contribution < 1.29 is 14.3 Å². The van der Waals surface area contributed by atoms with Crippen molar-refractivity contribution in [3.8, 4) is 5.75 Å². The first-order valence-electron chi connectivity index (χ1n) is 9.97. The molecule has 0 aliphatic heterocycles. The minimum Gasteiger partial charge on any atom is -0.489 e. The van der Waals surface area contributed by atoms with Crippen LogP contribution in [-0.4, -0.2) is 11.7 Å². The highest BCUT2D eigenvalue weighted by molar-refractivity contribution is 6.05. The molecular formula is C26H27NO3. The summed E-state index contributed by atoms with van der Waals surface area (Å²) in [4.78, 5) is 24.0. The van der Waals surface area contributed by atoms with Crippen molar-refractivity contribution in [3.05, 3.63) is 95.1 Å². The quantitative estimate of drug-likeness (QED) is 0.514. The van der Waals surface area contributed by atoms with Gasteiger partial charge in [-0.25, -0.2) is 0 Å². The average Bonchev–Trinajstić information content (AvgIpc) is 2.72. The number of Topliss-reactive ketones (excluding diaryl/α,β-unsaturated/α-hetero) is 1. The van der Waals surface area contributed by atoms with Gasteiger partial charge in [0.2, 0.25) is 0 Å². The summed E-state index contributed by atoms with van der Waals surface area (Å²) in [6.07, 6.45) is 0. The van der Waals surface area contributed by atoms with E-state index in [0.717, 1.165) is 11.3 Å². The number of rotatable bonds is 6. The number of carbonyl (C=O) groups is 2. The third kappa shape index (κ3) is 5.57. The standard InChI is InChI=1S/C26H27NO3/c1-18(28)21-6-5-7-23(16-21)27-25(29)20-10-8-19(9-11-20)17-30-24-14-12-22(13-15-24)26(2,3)4/h5-16H,17H2,1-4H3,(H,27,29). The Labute approximate surface area is 177 Å². The zero-order valence-electron chi connectivity index (χ0n) is 17.9. The first-order chi connectivity index (χ1) is 14.2. The summed E-state index contributed by atoms with van der Waals surface area (Å²) in [6, 6.07) is 22.4. The SMILES string of the molecule is CC(=O)c1cccc(NC(=O)c2ccc(COc3ccc(C(C)(C)C)cc3)cc2)c1. The normalized spacial score (nSPS) is 11.1. The predicted octanol–water partition coefficient (Wildman–Crippen LogP) is 6.02. The van der Waals surface area contributed by atoms with Crippen LogP contribution in [0, 0.1) is 0 Å². The Bertz CT molecular complexity index is 1030. The van der Waals surface area contributed by atoms with Gasteiger partial charge in [-0.15, -0.1) is 0 Å². The number of ketones is 1. The van der Waals surface area contributed by atoms with Gasteiger partial charge in [0, 0.05) is 16.8 Å². The molecule has 0 atom stereocenters. The van der Waals surface area contributed by atoms with E-state index in [2.05, 4.69) is 38.2 Å². The molecule has 4 heteroatoms. The summed E-state index contributed by atoms with van der Waals surface area (Å²) in [5.41, 5.74) is 4.06. The maximum Gasteiger partial charge on any atom is 0.255 e. The van der Waals surface area contributed by atoms with Crippen LogP contribution in [0.3, 0.4) is 0 Å². The lowest BCUT2D eigenvalue weighted by Crippen LogP contribution is -2.12. The molecular weight excluding hydrogens is 374 g/mol. The Morgan fingerprint density at radius 1 is 0.867 bits per heavy atom. The molecule has 3 rings (SSSR count). The third-order valence-electron chi connectivity index (χ3n) is 4.87. The van der Waals surface area contributed by atoms with Crippen molar-refractivity contribution in [2.45, 2.75) is 39.7 Å². The Hall–Kier alpha value is -3.40. The molecule has 0 saturated heterocycles. The molecule has 154 valence electrons. The molecule has 3 aromatic carbocycles. The van der Waals surface area contributed by atoms with Gasteiger partial charge in [-0.3, -0.25) is 9.59 Å². The molecule has 1 N–H and O–H groups in total. The number of hydrogen-bond acceptors (Lipinski definition) is 3. The zero-order chi connectivity index (χ0) is 21.7. The van der Waals surface area contributed by atoms with E-state index in [1.807, 2.05) is 24.3 Å². The fourth-order valence-corrected chi connectivity index (χ4v) is 2.99. The second-order valence-electron chi connectivity index (χ2n) is 8.35. The largest absolute Gasteiger partial charge is 0.489 e. The molecule has 1 amide bonds. The first kappa shape index (κ1) is 21.3. The van der Waals surface area contributed by atoms with Crippen LogP contribution in [0.2, 0.25) is 0 Å². The van der Waals surface area contributed by atoms with Gasteiger partial charge < -0.3 is 10.1 Å². The molecule has 0 unspecified atom stereocenters. The van der Waals surface area contributed by atoms with E-state index in [1.54, 1.807) is 36.4 Å². The number of hydrogen-bond donors (Lipinski definition) is 1. The summed E-state index contributed by atoms with van der Waals surface area (Å²) < 4.78 is 5.86. The summed E-state index contributed by atoms with van der Waals surface area (Å²) in [6.45, 7) is 8.47. The molecule has 0 fully saturated rings. The minimum atomic E-state index is -0.221. The summed E-state index contributed by atoms with van der Waals surface area (Å²) in [5, 5.41) is 2.83. The lowest BCUT2D eigenvalue weighted by molar-refractivity contribution is 0.101. The number of nitrogens with one attached hydrogen (secondary N) is 1. The zero-order valence-corrected chi connectivity index (χ0v) is 17.9. The summed E-state index contributed by atoms with van der Waals surface area (Å²) in [7, 11) is 0. The van der Waals surface area contributed by atoms with Crippen LogP contribution in [0.5, 0.6) is 5.75 Å². The average molecular weight is 402 g/mol. The van der Waals surface area contributed by atoms with Gasteiger partial charge in [0.05, 0.1) is 0 Å². The second-order valence-corrected chi connectivity index (χ2v) is 8.35. The molecule has 30 heavy (non-hydrogen) atoms. The van der Waals surface area contributed by atoms with Gasteiger partial charge in [0.15, 0.2) is 5.78 Å². The maximum atomic E-state index is 12.5. The van der Waals surface area contributed by atoms with Crippen molar-refractivity contribution in [2.75, 3.05) is 5.32 Å². The monoisotopic (exact) mass is 401 g/mol. The van der Waals surface area contributed by atoms with Crippen LogP contribution in [0.1, 0.15) is 59.5 Å². The summed E-state index contributed by atoms with van der Waals surface area (Å²) in [5.74, 6) is 0.555. The molecule has 0 bridgehead atoms. The molecule has 0 radical (unpaired) electrons. The van der Waals surface area contributed by atoms with Crippen LogP contribution in [-0.2, 0) is 12.0 Å². The number of amides is 1. The molecule has 0 heterocycles. The molecule has 0 aliphatic carbocycles. The van der Waals surface area contributed by atoms with Crippen LogP contribution in [0.15, 0.2) is 72.8 Å². The Kier molecular flexibility index (Phi) is 6.36. The van der Waals surface area contributed by atoms with Gasteiger partial charge in [-0.05, 0) is 59.9 Å². The molecule has 0 aromatic heterocycles. The van der Waals surface area contributed by atoms with Crippen molar-refractivity contribution in [2.24, 2.45) is 0 Å². The first-order valence-corrected chi connectivity index (χ1v) is 9.97. The Balaban J connectivity index is 1.58. The third-order valence-corrected chi connectivity index (χ3v) is 4.87. The Morgan fingerprint density at radius 2 is 1.53 bits per heavy atom. The number of carbonyl (C=O) groups excluding carboxylic acids is 2. The van der Waals surface area contributed by atoms with Crippen LogP contribution >= 0.6 is 0 Å². The smallest absolute Gasteiger partial charge is 0.255 e. The number of anilines is 1. The van der Waals surface area contributed by atoms with E-state index in [0.29, 0.717) is 23.4 Å². The van der Waals surface area contributed by atoms with Crippen LogP contribution in [0.4, 0.5) is 5.69 Å². The molecule has 0 aliphatic rings. The van der Waals surface area contributed by atoms with E-state index in [4.69, 9.17) is 4.74 Å². The number of ether oxygens (including phenoxy) is 1. The highest BCUT2D eigenvalue weighted by Crippen LogP contribution is 2.24. The molecule has 4 nitrogen and oxygen atoms in total. The van der Waals surface area contributed by atoms with Crippen molar-refractivity contribution in [3.63, 3.8) is 0 Å². The molecule has 0 spiro atoms. The van der Waals surface area contributed by atoms with Gasteiger partial charge in [-0.1, -0.05) is 57.2 Å². The number of benzene rings is 3. The molecule has 3 aromatic rings. The van der Waals surface area contributed by atoms with Crippen molar-refractivity contribution in [1.29, 1.82) is 0 Å². The second kappa shape index (κ2) is 8.95. The Morgan fingerprint density at radius 3 is 2.13 bits per heavy atom. The van der Waals surface area contributed by atoms with Crippen molar-refractivity contribution >= 4 is 17.4 Å². The van der Waals surface area contributed by atoms with Crippen molar-refractivity contribution in [1.82, 2.24) is 0 Å². The topological polar surface area (TPSA) is 55.4 Å². The van der Waals surface area contributed by atoms with Crippen LogP contribution < -0.4 is 10.1 Å². The van der Waals surface area contributed by atoms with E-state index in [1.165, 1.54) is 12.5 Å². The maximum absolute atomic E-state index is 12.5. The van der Waals surface area contributed by atoms with E-state index in [9.17, 15) is 9.59 Å². The van der Waals surface area contributed by atoms with Gasteiger partial charge in [-0.2, -0.15) is 0 Å². The predicted molar refractivity (Wildman–Crippen MR) is 120 cm³/mol. The summed E-state index contributed by atoms with van der Waals surface area (Å²) >= 11 is 0. The van der Waals surface area contributed by atoms with Gasteiger partial charge in [0.1, 0.15) is 12.4 Å². The fraction of sp³-hybridized carbons (Fsp3) is 0.231. The van der Waals surface area contributed by atoms with Crippen LogP contribution in [0.25, 0.3) is 0 Å². The minimum absolute atomic E-state index is 0.0384. The van der Waals surface area contributed by atoms with E-state index < -0.39 is 0 Å². The lowest BCUT2D eigenvalue weighted by Gasteiger charge is -2.19. The van der Waals surface area contributed by atoms with Gasteiger partial charge in [0.25, 0.3) is 5.91 Å². The highest BCUT2D eigenvalue weighted by Gasteiger charge is 2.13. The highest BCUT2D eigenvalue weighted by atomic mass is 16.5. The van der Waals surface area contributed by atoms with Gasteiger partial charge >= 0.3 is 0 Å². The lowest BCUT2D eigenvalue weighted by atomic mass is 9.87. The molecule has 0 saturated carbocycles. The fourth-order valence-electron chi connectivity index (χ4n) is 2.99. The van der Waals surface area contributed by atoms with E-state index in [-0.39, 0.29) is 17.1 Å².